The van der Waals surface area contributed by atoms with Crippen LogP contribution < -0.4 is 5.73 Å². The van der Waals surface area contributed by atoms with Crippen LogP contribution in [0.4, 0.5) is 0 Å². The summed E-state index contributed by atoms with van der Waals surface area (Å²) in [6.07, 6.45) is 9.85. The van der Waals surface area contributed by atoms with E-state index in [1.165, 1.54) is 17.7 Å². The van der Waals surface area contributed by atoms with E-state index in [4.69, 9.17) is 33.6 Å². The van der Waals surface area contributed by atoms with E-state index in [0.29, 0.717) is 0 Å². The molecule has 0 saturated carbocycles. The van der Waals surface area contributed by atoms with Crippen LogP contribution in [0.2, 0.25) is 54.4 Å². The van der Waals surface area contributed by atoms with Crippen molar-refractivity contribution in [3.8, 4) is 0 Å². The number of hydrogen-bond donors (Lipinski definition) is 3. The average Bonchev–Trinajstić information content (AvgIpc) is 3.19. The van der Waals surface area contributed by atoms with Gasteiger partial charge in [-0.3, -0.25) is 9.63 Å². The lowest BCUT2D eigenvalue weighted by Crippen LogP contribution is -2.52. The van der Waals surface area contributed by atoms with Gasteiger partial charge in [0.25, 0.3) is 5.91 Å². The van der Waals surface area contributed by atoms with E-state index in [-0.39, 0.29) is 82.1 Å². The van der Waals surface area contributed by atoms with Crippen LogP contribution in [0.1, 0.15) is 131 Å². The van der Waals surface area contributed by atoms with Crippen molar-refractivity contribution in [3.63, 3.8) is 0 Å². The van der Waals surface area contributed by atoms with E-state index < -0.39 is 55.1 Å². The number of allylic oxidation sites excluding steroid dienone is 3. The molecule has 0 bridgehead atoms. The third kappa shape index (κ3) is 20.4. The van der Waals surface area contributed by atoms with Crippen molar-refractivity contribution in [2.24, 2.45) is 47.2 Å². The summed E-state index contributed by atoms with van der Waals surface area (Å²) in [4.78, 5) is 30.1. The first kappa shape index (κ1) is 65.7. The molecule has 0 fully saturated rings. The zero-order chi connectivity index (χ0) is 52.8. The summed E-state index contributed by atoms with van der Waals surface area (Å²) in [5, 5.41) is 24.3. The van der Waals surface area contributed by atoms with Crippen LogP contribution in [0, 0.1) is 41.4 Å². The van der Waals surface area contributed by atoms with Gasteiger partial charge >= 0.3 is 0 Å². The van der Waals surface area contributed by atoms with Crippen molar-refractivity contribution in [2.75, 3.05) is 20.9 Å². The minimum Gasteiger partial charge on any atom is -0.413 e. The molecule has 4 unspecified atom stereocenters. The quantitative estimate of drug-likeness (QED) is 0.0166. The van der Waals surface area contributed by atoms with Crippen LogP contribution in [0.25, 0.3) is 0 Å². The van der Waals surface area contributed by atoms with Gasteiger partial charge in [0.1, 0.15) is 12.8 Å². The fourth-order valence-corrected chi connectivity index (χ4v) is 12.3. The first-order valence-electron chi connectivity index (χ1n) is 25.1. The largest absolute Gasteiger partial charge is 0.413 e. The maximum atomic E-state index is 13.4. The second kappa shape index (κ2) is 27.5. The van der Waals surface area contributed by atoms with Crippen LogP contribution >= 0.6 is 0 Å². The normalized spacial score (nSPS) is 20.1. The Hall–Kier alpha value is -1.28. The molecule has 0 heterocycles. The number of aliphatic hydroxyl groups is 2. The Kier molecular flexibility index (Phi) is 27.0. The van der Waals surface area contributed by atoms with Crippen LogP contribution in [0.15, 0.2) is 48.6 Å². The molecule has 14 heteroatoms. The Morgan fingerprint density at radius 3 is 1.57 bits per heavy atom. The molecule has 0 aliphatic rings. The van der Waals surface area contributed by atoms with E-state index in [9.17, 15) is 15.0 Å². The van der Waals surface area contributed by atoms with Gasteiger partial charge in [-0.25, -0.2) is 14.8 Å². The number of nitrogens with zero attached hydrogens (tertiary/aromatic N) is 1. The number of carbonyl (C=O) groups is 1. The van der Waals surface area contributed by atoms with E-state index in [0.717, 1.165) is 6.42 Å². The standard InChI is InChI=1S/C53H106N2O9Si3/c1-27-28-29-37(3)47(61-60-35-54)42(8)48(63-66(23,24)52(13,14)15)40(6)33-36(2)32-39(5)46(62-65(21,22)51(10,11)12)38(4)30-31-44(56)34-45(57)41(7)49(43(9)50(58)55(19)59-20)64-67(25,26)53(16,17)18/h27-32,37-49,56-57H,1,33-35,54H2,2-26H3/b29-28-,31-30-,36-32-/t37?,38-,39?,40-,41?,42+,43?,44+,45-,46-,47-,48+,49-/m0/s1. The lowest BCUT2D eigenvalue weighted by atomic mass is 9.81. The Morgan fingerprint density at radius 2 is 1.13 bits per heavy atom. The molecule has 0 saturated heterocycles. The monoisotopic (exact) mass is 999 g/mol. The summed E-state index contributed by atoms with van der Waals surface area (Å²) in [5.41, 5.74) is 7.01. The van der Waals surface area contributed by atoms with E-state index >= 15 is 0 Å². The molecule has 1 amide bonds. The van der Waals surface area contributed by atoms with Crippen molar-refractivity contribution in [2.45, 2.75) is 222 Å². The van der Waals surface area contributed by atoms with Crippen LogP contribution in [-0.2, 0) is 32.7 Å². The fourth-order valence-electron chi connectivity index (χ4n) is 7.90. The Morgan fingerprint density at radius 1 is 0.687 bits per heavy atom. The summed E-state index contributed by atoms with van der Waals surface area (Å²) in [7, 11) is -3.79. The van der Waals surface area contributed by atoms with Gasteiger partial charge in [-0.15, -0.1) is 0 Å². The minimum atomic E-state index is -2.36. The van der Waals surface area contributed by atoms with Gasteiger partial charge < -0.3 is 29.2 Å². The fraction of sp³-hybridized carbons (Fsp3) is 0.830. The van der Waals surface area contributed by atoms with Gasteiger partial charge in [0.05, 0.1) is 43.5 Å². The Balaban J connectivity index is 6.92. The number of nitrogens with two attached hydrogens (primary N) is 1. The first-order valence-corrected chi connectivity index (χ1v) is 33.8. The molecular formula is C53H106N2O9Si3. The lowest BCUT2D eigenvalue weighted by molar-refractivity contribution is -0.342. The molecule has 0 aromatic carbocycles. The van der Waals surface area contributed by atoms with Crippen molar-refractivity contribution in [3.05, 3.63) is 48.6 Å². The zero-order valence-electron chi connectivity index (χ0n) is 47.6. The molecule has 0 spiro atoms. The highest BCUT2D eigenvalue weighted by atomic mass is 28.4. The average molecular weight is 1000 g/mol. The summed E-state index contributed by atoms with van der Waals surface area (Å²) in [6.45, 7) is 54.3. The number of hydrogen-bond acceptors (Lipinski definition) is 10. The highest BCUT2D eigenvalue weighted by Crippen LogP contribution is 2.43. The number of carbonyl (C=O) groups excluding carboxylic acids is 1. The van der Waals surface area contributed by atoms with E-state index in [2.05, 4.69) is 162 Å². The SMILES string of the molecule is C=C/C=C\C(C)[C@H](OOCN)[C@@H](C)[C@H](O[Si](C)(C)C(C)(C)C)[C@@H](C)C/C(C)=C\C(C)[C@@H](O[Si](C)(C)C(C)(C)C)[C@@H](C)/C=C\[C@@H](O)C[C@H](O)C(C)[C@H](O[Si](C)(C)C(C)(C)C)C(C)C(=O)N(C)OC. The van der Waals surface area contributed by atoms with Crippen LogP contribution in [-0.4, -0.2) is 104 Å². The number of hydroxylamine groups is 2. The van der Waals surface area contributed by atoms with Gasteiger partial charge in [0.2, 0.25) is 0 Å². The van der Waals surface area contributed by atoms with Crippen molar-refractivity contribution in [1.29, 1.82) is 0 Å². The highest BCUT2D eigenvalue weighted by Gasteiger charge is 2.46. The van der Waals surface area contributed by atoms with E-state index in [1.807, 2.05) is 26.0 Å². The molecule has 0 radical (unpaired) electrons. The third-order valence-corrected chi connectivity index (χ3v) is 29.0. The summed E-state index contributed by atoms with van der Waals surface area (Å²) < 4.78 is 21.5. The molecule has 11 nitrogen and oxygen atoms in total. The predicted octanol–water partition coefficient (Wildman–Crippen LogP) is 12.6. The number of rotatable bonds is 29. The van der Waals surface area contributed by atoms with Crippen LogP contribution in [0.3, 0.4) is 0 Å². The molecule has 4 N–H and O–H groups in total. The van der Waals surface area contributed by atoms with E-state index in [1.54, 1.807) is 19.2 Å². The highest BCUT2D eigenvalue weighted by molar-refractivity contribution is 6.75. The second-order valence-electron chi connectivity index (χ2n) is 24.5. The predicted molar refractivity (Wildman–Crippen MR) is 289 cm³/mol. The second-order valence-corrected chi connectivity index (χ2v) is 38.8. The Labute approximate surface area is 415 Å². The van der Waals surface area contributed by atoms with Gasteiger partial charge in [0.15, 0.2) is 25.0 Å². The molecule has 0 rings (SSSR count). The Bertz CT molecular complexity index is 1560. The smallest absolute Gasteiger partial charge is 0.251 e. The maximum Gasteiger partial charge on any atom is 0.251 e. The van der Waals surface area contributed by atoms with Gasteiger partial charge in [-0.05, 0) is 85.5 Å². The van der Waals surface area contributed by atoms with Crippen molar-refractivity contribution < 1.29 is 42.9 Å². The van der Waals surface area contributed by atoms with Crippen molar-refractivity contribution >= 4 is 30.9 Å². The van der Waals surface area contributed by atoms with Gasteiger partial charge in [-0.2, -0.15) is 0 Å². The lowest BCUT2D eigenvalue weighted by Gasteiger charge is -2.44. The molecule has 394 valence electrons. The zero-order valence-corrected chi connectivity index (χ0v) is 50.6. The topological polar surface area (TPSA) is 142 Å². The number of aliphatic hydroxyl groups excluding tert-OH is 2. The molecule has 0 aromatic rings. The van der Waals surface area contributed by atoms with Gasteiger partial charge in [0, 0.05) is 31.2 Å². The van der Waals surface area contributed by atoms with Gasteiger partial charge in [-0.1, -0.05) is 159 Å². The summed E-state index contributed by atoms with van der Waals surface area (Å²) in [5.74, 6) is -1.16. The maximum absolute atomic E-state index is 13.4. The molecule has 13 atom stereocenters. The number of amides is 1. The molecular weight excluding hydrogens is 893 g/mol. The third-order valence-electron chi connectivity index (χ3n) is 15.6. The summed E-state index contributed by atoms with van der Waals surface area (Å²) in [6, 6.07) is 0. The molecule has 67 heavy (non-hydrogen) atoms. The van der Waals surface area contributed by atoms with Crippen molar-refractivity contribution in [1.82, 2.24) is 5.06 Å². The minimum absolute atomic E-state index is 0.00630. The molecule has 0 aliphatic carbocycles. The first-order chi connectivity index (χ1) is 30.2. The molecule has 0 aromatic heterocycles. The summed E-state index contributed by atoms with van der Waals surface area (Å²) >= 11 is 0. The van der Waals surface area contributed by atoms with Crippen LogP contribution in [0.5, 0.6) is 0 Å². The molecule has 0 aliphatic heterocycles.